The van der Waals surface area contributed by atoms with Crippen LogP contribution in [0, 0.1) is 0 Å². The molecule has 0 aromatic heterocycles. The van der Waals surface area contributed by atoms with E-state index in [1.165, 1.54) is 11.6 Å². The number of phenolic OH excluding ortho intramolecular Hbond substituents is 2. The predicted molar refractivity (Wildman–Crippen MR) is 84.5 cm³/mol. The molecule has 0 unspecified atom stereocenters. The van der Waals surface area contributed by atoms with Crippen LogP contribution in [-0.2, 0) is 0 Å². The van der Waals surface area contributed by atoms with E-state index in [2.05, 4.69) is 13.8 Å². The Labute approximate surface area is 125 Å². The molecule has 0 amide bonds. The smallest absolute Gasteiger partial charge is 0.164 e. The zero-order valence-electron chi connectivity index (χ0n) is 12.9. The molecular weight excluding hydrogens is 264 g/mol. The van der Waals surface area contributed by atoms with Crippen LogP contribution in [0.2, 0.25) is 0 Å². The van der Waals surface area contributed by atoms with E-state index in [1.807, 2.05) is 38.1 Å². The normalized spacial score (nSPS) is 11.1. The molecule has 0 aliphatic rings. The van der Waals surface area contributed by atoms with Gasteiger partial charge < -0.3 is 14.9 Å². The second-order valence-electron chi connectivity index (χ2n) is 5.83. The van der Waals surface area contributed by atoms with Crippen molar-refractivity contribution < 1.29 is 14.9 Å². The van der Waals surface area contributed by atoms with E-state index in [0.29, 0.717) is 23.0 Å². The van der Waals surface area contributed by atoms with Crippen molar-refractivity contribution in [2.24, 2.45) is 0 Å². The molecule has 3 heteroatoms. The maximum absolute atomic E-state index is 10.0. The number of ether oxygens (including phenoxy) is 1. The number of hydrogen-bond acceptors (Lipinski definition) is 3. The van der Waals surface area contributed by atoms with Crippen LogP contribution in [0.5, 0.6) is 23.0 Å². The fourth-order valence-corrected chi connectivity index (χ4v) is 2.27. The molecule has 0 saturated carbocycles. The summed E-state index contributed by atoms with van der Waals surface area (Å²) in [6.07, 6.45) is 0. The van der Waals surface area contributed by atoms with Gasteiger partial charge in [0.25, 0.3) is 0 Å². The molecule has 2 N–H and O–H groups in total. The molecule has 0 saturated heterocycles. The molecule has 2 aromatic rings. The van der Waals surface area contributed by atoms with Crippen LogP contribution >= 0.6 is 0 Å². The Balaban J connectivity index is 2.33. The van der Waals surface area contributed by atoms with Crippen LogP contribution in [0.4, 0.5) is 0 Å². The molecule has 0 spiro atoms. The Morgan fingerprint density at radius 3 is 1.95 bits per heavy atom. The second kappa shape index (κ2) is 6.08. The van der Waals surface area contributed by atoms with Gasteiger partial charge in [-0.2, -0.15) is 0 Å². The van der Waals surface area contributed by atoms with E-state index in [-0.39, 0.29) is 17.4 Å². The molecule has 0 heterocycles. The average Bonchev–Trinajstić information content (AvgIpc) is 2.43. The lowest BCUT2D eigenvalue weighted by Crippen LogP contribution is -1.95. The summed E-state index contributed by atoms with van der Waals surface area (Å²) in [6, 6.07) is 11.0. The van der Waals surface area contributed by atoms with Gasteiger partial charge in [-0.3, -0.25) is 0 Å². The minimum absolute atomic E-state index is 0.0436. The van der Waals surface area contributed by atoms with Gasteiger partial charge in [-0.1, -0.05) is 39.8 Å². The van der Waals surface area contributed by atoms with E-state index >= 15 is 0 Å². The minimum atomic E-state index is -0.124. The third kappa shape index (κ3) is 3.30. The Kier molecular flexibility index (Phi) is 4.41. The lowest BCUT2D eigenvalue weighted by Gasteiger charge is -2.16. The first kappa shape index (κ1) is 15.2. The van der Waals surface area contributed by atoms with Crippen molar-refractivity contribution in [2.75, 3.05) is 0 Å². The molecule has 21 heavy (non-hydrogen) atoms. The van der Waals surface area contributed by atoms with E-state index in [0.717, 1.165) is 0 Å². The van der Waals surface area contributed by atoms with Gasteiger partial charge >= 0.3 is 0 Å². The fourth-order valence-electron chi connectivity index (χ4n) is 2.27. The maximum Gasteiger partial charge on any atom is 0.164 e. The standard InChI is InChI=1S/C18H22O3/c1-11(2)13-5-7-14(8-6-13)21-16-10-9-15(19)18(20)17(16)12(3)4/h5-12,19-20H,1-4H3. The zero-order valence-corrected chi connectivity index (χ0v) is 12.9. The summed E-state index contributed by atoms with van der Waals surface area (Å²) in [5.41, 5.74) is 1.86. The summed E-state index contributed by atoms with van der Waals surface area (Å²) < 4.78 is 5.87. The number of benzene rings is 2. The van der Waals surface area contributed by atoms with Crippen molar-refractivity contribution in [2.45, 2.75) is 39.5 Å². The highest BCUT2D eigenvalue weighted by molar-refractivity contribution is 5.54. The Bertz CT molecular complexity index is 613. The van der Waals surface area contributed by atoms with Gasteiger partial charge in [0.15, 0.2) is 11.5 Å². The maximum atomic E-state index is 10.0. The summed E-state index contributed by atoms with van der Waals surface area (Å²) in [7, 11) is 0. The van der Waals surface area contributed by atoms with Gasteiger partial charge in [0.2, 0.25) is 0 Å². The third-order valence-electron chi connectivity index (χ3n) is 3.51. The average molecular weight is 286 g/mol. The first-order valence-electron chi connectivity index (χ1n) is 7.22. The lowest BCUT2D eigenvalue weighted by atomic mass is 10.0. The molecule has 0 aliphatic carbocycles. The van der Waals surface area contributed by atoms with Crippen LogP contribution < -0.4 is 4.74 Å². The fraction of sp³-hybridized carbons (Fsp3) is 0.333. The van der Waals surface area contributed by atoms with E-state index in [4.69, 9.17) is 4.74 Å². The lowest BCUT2D eigenvalue weighted by molar-refractivity contribution is 0.388. The summed E-state index contributed by atoms with van der Waals surface area (Å²) in [6.45, 7) is 8.18. The van der Waals surface area contributed by atoms with Gasteiger partial charge in [0.05, 0.1) is 0 Å². The number of aromatic hydroxyl groups is 2. The highest BCUT2D eigenvalue weighted by Gasteiger charge is 2.17. The Morgan fingerprint density at radius 1 is 0.810 bits per heavy atom. The van der Waals surface area contributed by atoms with Crippen LogP contribution in [0.15, 0.2) is 36.4 Å². The highest BCUT2D eigenvalue weighted by Crippen LogP contribution is 2.42. The molecule has 112 valence electrons. The van der Waals surface area contributed by atoms with Crippen LogP contribution in [-0.4, -0.2) is 10.2 Å². The molecule has 0 aliphatic heterocycles. The van der Waals surface area contributed by atoms with E-state index in [1.54, 1.807) is 6.07 Å². The van der Waals surface area contributed by atoms with Gasteiger partial charge in [0, 0.05) is 5.56 Å². The third-order valence-corrected chi connectivity index (χ3v) is 3.51. The van der Waals surface area contributed by atoms with Crippen LogP contribution in [0.3, 0.4) is 0 Å². The quantitative estimate of drug-likeness (QED) is 0.765. The predicted octanol–water partition coefficient (Wildman–Crippen LogP) is 5.14. The van der Waals surface area contributed by atoms with Crippen LogP contribution in [0.25, 0.3) is 0 Å². The minimum Gasteiger partial charge on any atom is -0.504 e. The summed E-state index contributed by atoms with van der Waals surface area (Å²) >= 11 is 0. The van der Waals surface area contributed by atoms with Gasteiger partial charge in [-0.15, -0.1) is 0 Å². The molecule has 0 atom stereocenters. The second-order valence-corrected chi connectivity index (χ2v) is 5.83. The molecule has 2 rings (SSSR count). The first-order chi connectivity index (χ1) is 9.90. The molecule has 2 aromatic carbocycles. The van der Waals surface area contributed by atoms with Gasteiger partial charge in [-0.25, -0.2) is 0 Å². The Morgan fingerprint density at radius 2 is 1.43 bits per heavy atom. The van der Waals surface area contributed by atoms with Crippen molar-refractivity contribution >= 4 is 0 Å². The van der Waals surface area contributed by atoms with Crippen LogP contribution in [0.1, 0.15) is 50.7 Å². The van der Waals surface area contributed by atoms with Gasteiger partial charge in [-0.05, 0) is 41.7 Å². The monoisotopic (exact) mass is 286 g/mol. The molecule has 3 nitrogen and oxygen atoms in total. The molecular formula is C18H22O3. The number of rotatable bonds is 4. The van der Waals surface area contributed by atoms with E-state index < -0.39 is 0 Å². The SMILES string of the molecule is CC(C)c1ccc(Oc2ccc(O)c(O)c2C(C)C)cc1. The summed E-state index contributed by atoms with van der Waals surface area (Å²) in [4.78, 5) is 0. The number of hydrogen-bond donors (Lipinski definition) is 2. The van der Waals surface area contributed by atoms with Crippen molar-refractivity contribution in [3.8, 4) is 23.0 Å². The van der Waals surface area contributed by atoms with Crippen molar-refractivity contribution in [1.82, 2.24) is 0 Å². The van der Waals surface area contributed by atoms with Crippen molar-refractivity contribution in [1.29, 1.82) is 0 Å². The molecule has 0 fully saturated rings. The topological polar surface area (TPSA) is 49.7 Å². The molecule has 0 radical (unpaired) electrons. The van der Waals surface area contributed by atoms with Crippen molar-refractivity contribution in [3.63, 3.8) is 0 Å². The highest BCUT2D eigenvalue weighted by atomic mass is 16.5. The summed E-state index contributed by atoms with van der Waals surface area (Å²) in [5, 5.41) is 19.6. The summed E-state index contributed by atoms with van der Waals surface area (Å²) in [5.74, 6) is 1.57. The Hall–Kier alpha value is -2.16. The number of phenols is 2. The molecule has 0 bridgehead atoms. The van der Waals surface area contributed by atoms with Crippen molar-refractivity contribution in [3.05, 3.63) is 47.5 Å². The van der Waals surface area contributed by atoms with Gasteiger partial charge in [0.1, 0.15) is 11.5 Å². The largest absolute Gasteiger partial charge is 0.504 e. The van der Waals surface area contributed by atoms with E-state index in [9.17, 15) is 10.2 Å². The first-order valence-corrected chi connectivity index (χ1v) is 7.22. The zero-order chi connectivity index (χ0) is 15.6.